The third kappa shape index (κ3) is 2.84. The molecule has 2 saturated heterocycles. The van der Waals surface area contributed by atoms with E-state index in [0.29, 0.717) is 11.3 Å². The highest BCUT2D eigenvalue weighted by Gasteiger charge is 2.60. The summed E-state index contributed by atoms with van der Waals surface area (Å²) in [6, 6.07) is 14.2. The van der Waals surface area contributed by atoms with Crippen molar-refractivity contribution in [3.63, 3.8) is 0 Å². The molecule has 0 aromatic heterocycles. The molecule has 27 heavy (non-hydrogen) atoms. The number of nitrogens with two attached hydrogens (primary N) is 1. The van der Waals surface area contributed by atoms with E-state index in [1.165, 1.54) is 17.2 Å². The minimum Gasteiger partial charge on any atom is -0.508 e. The summed E-state index contributed by atoms with van der Waals surface area (Å²) < 4.78 is 0. The summed E-state index contributed by atoms with van der Waals surface area (Å²) in [6.45, 7) is -0.279. The number of para-hydroxylation sites is 1. The molecule has 8 nitrogen and oxygen atoms in total. The maximum Gasteiger partial charge on any atom is 0.265 e. The zero-order chi connectivity index (χ0) is 19.1. The highest BCUT2D eigenvalue weighted by atomic mass is 16.7. The molecule has 2 aliphatic rings. The van der Waals surface area contributed by atoms with E-state index in [1.807, 2.05) is 0 Å². The van der Waals surface area contributed by atoms with Crippen LogP contribution in [-0.2, 0) is 19.2 Å². The van der Waals surface area contributed by atoms with Gasteiger partial charge in [0.25, 0.3) is 5.91 Å². The van der Waals surface area contributed by atoms with Crippen molar-refractivity contribution in [1.82, 2.24) is 5.06 Å². The number of primary amides is 1. The van der Waals surface area contributed by atoms with Crippen molar-refractivity contribution < 1.29 is 24.3 Å². The number of phenolic OH excluding ortho intramolecular Hbond substituents is 1. The van der Waals surface area contributed by atoms with Crippen molar-refractivity contribution in [3.05, 3.63) is 60.2 Å². The van der Waals surface area contributed by atoms with Gasteiger partial charge in [-0.25, -0.2) is 4.90 Å². The molecule has 0 radical (unpaired) electrons. The Balaban J connectivity index is 1.75. The lowest BCUT2D eigenvalue weighted by molar-refractivity contribution is -0.175. The first kappa shape index (κ1) is 17.2. The number of hydrogen-bond acceptors (Lipinski definition) is 6. The molecule has 2 aliphatic heterocycles. The van der Waals surface area contributed by atoms with Crippen molar-refractivity contribution in [2.24, 2.45) is 11.7 Å². The van der Waals surface area contributed by atoms with Crippen LogP contribution >= 0.6 is 0 Å². The zero-order valence-electron chi connectivity index (χ0n) is 14.2. The van der Waals surface area contributed by atoms with Gasteiger partial charge in [0.05, 0.1) is 17.6 Å². The third-order valence-corrected chi connectivity index (χ3v) is 4.73. The SMILES string of the molecule is NC(=O)CN1OC2C(=O)N(c3ccccc3)C(=O)C2C1c1cccc(O)c1. The Bertz CT molecular complexity index is 917. The maximum atomic E-state index is 13.1. The Labute approximate surface area is 154 Å². The van der Waals surface area contributed by atoms with Gasteiger partial charge in [0.2, 0.25) is 11.8 Å². The quantitative estimate of drug-likeness (QED) is 0.770. The highest BCUT2D eigenvalue weighted by Crippen LogP contribution is 2.45. The molecule has 3 unspecified atom stereocenters. The molecule has 0 saturated carbocycles. The van der Waals surface area contributed by atoms with Crippen molar-refractivity contribution in [2.45, 2.75) is 12.1 Å². The van der Waals surface area contributed by atoms with E-state index in [4.69, 9.17) is 10.6 Å². The molecular formula is C19H17N3O5. The molecule has 0 aliphatic carbocycles. The molecule has 138 valence electrons. The van der Waals surface area contributed by atoms with E-state index in [2.05, 4.69) is 0 Å². The summed E-state index contributed by atoms with van der Waals surface area (Å²) >= 11 is 0. The second kappa shape index (κ2) is 6.49. The van der Waals surface area contributed by atoms with Crippen LogP contribution in [0.2, 0.25) is 0 Å². The Kier molecular flexibility index (Phi) is 4.14. The van der Waals surface area contributed by atoms with Crippen LogP contribution < -0.4 is 10.6 Å². The highest BCUT2D eigenvalue weighted by molar-refractivity contribution is 6.23. The number of phenols is 1. The fourth-order valence-electron chi connectivity index (χ4n) is 3.67. The summed E-state index contributed by atoms with van der Waals surface area (Å²) in [5.41, 5.74) is 6.31. The zero-order valence-corrected chi connectivity index (χ0v) is 14.2. The Morgan fingerprint density at radius 3 is 2.48 bits per heavy atom. The molecule has 4 rings (SSSR count). The van der Waals surface area contributed by atoms with Crippen molar-refractivity contribution in [3.8, 4) is 5.75 Å². The number of nitrogens with zero attached hydrogens (tertiary/aromatic N) is 2. The fraction of sp³-hybridized carbons (Fsp3) is 0.211. The molecular weight excluding hydrogens is 350 g/mol. The third-order valence-electron chi connectivity index (χ3n) is 4.73. The predicted molar refractivity (Wildman–Crippen MR) is 94.0 cm³/mol. The van der Waals surface area contributed by atoms with Crippen LogP contribution in [0.15, 0.2) is 54.6 Å². The number of rotatable bonds is 4. The minimum absolute atomic E-state index is 0.00617. The molecule has 3 atom stereocenters. The standard InChI is InChI=1S/C19H17N3O5/c20-14(24)10-21-16(11-5-4-8-13(23)9-11)15-17(27-21)19(26)22(18(15)25)12-6-2-1-3-7-12/h1-9,15-17,23H,10H2,(H2,20,24). The molecule has 2 aromatic carbocycles. The fourth-order valence-corrected chi connectivity index (χ4v) is 3.67. The van der Waals surface area contributed by atoms with Crippen LogP contribution in [0, 0.1) is 5.92 Å². The summed E-state index contributed by atoms with van der Waals surface area (Å²) in [5.74, 6) is -2.41. The summed E-state index contributed by atoms with van der Waals surface area (Å²) in [4.78, 5) is 44.2. The lowest BCUT2D eigenvalue weighted by Gasteiger charge is -2.26. The van der Waals surface area contributed by atoms with Crippen molar-refractivity contribution in [2.75, 3.05) is 11.4 Å². The molecule has 2 aromatic rings. The van der Waals surface area contributed by atoms with Crippen LogP contribution in [0.3, 0.4) is 0 Å². The average Bonchev–Trinajstić information content (AvgIpc) is 3.11. The van der Waals surface area contributed by atoms with Crippen LogP contribution in [-0.4, -0.2) is 40.5 Å². The molecule has 0 bridgehead atoms. The van der Waals surface area contributed by atoms with Gasteiger partial charge in [-0.15, -0.1) is 0 Å². The van der Waals surface area contributed by atoms with Gasteiger partial charge >= 0.3 is 0 Å². The average molecular weight is 367 g/mol. The first-order chi connectivity index (χ1) is 13.0. The number of hydroxylamine groups is 2. The van der Waals surface area contributed by atoms with Crippen LogP contribution in [0.5, 0.6) is 5.75 Å². The molecule has 2 heterocycles. The molecule has 2 fully saturated rings. The second-order valence-corrected chi connectivity index (χ2v) is 6.48. The van der Waals surface area contributed by atoms with Crippen molar-refractivity contribution in [1.29, 1.82) is 0 Å². The number of benzene rings is 2. The van der Waals surface area contributed by atoms with E-state index in [0.717, 1.165) is 4.90 Å². The van der Waals surface area contributed by atoms with Crippen LogP contribution in [0.4, 0.5) is 5.69 Å². The normalized spacial score (nSPS) is 25.0. The Morgan fingerprint density at radius 2 is 1.81 bits per heavy atom. The first-order valence-electron chi connectivity index (χ1n) is 8.41. The number of imide groups is 1. The van der Waals surface area contributed by atoms with Gasteiger partial charge < -0.3 is 10.8 Å². The van der Waals surface area contributed by atoms with Crippen LogP contribution in [0.1, 0.15) is 11.6 Å². The van der Waals surface area contributed by atoms with Gasteiger partial charge in [0.15, 0.2) is 6.10 Å². The van der Waals surface area contributed by atoms with Gasteiger partial charge in [-0.3, -0.25) is 19.2 Å². The molecule has 3 N–H and O–H groups in total. The number of aromatic hydroxyl groups is 1. The smallest absolute Gasteiger partial charge is 0.265 e. The minimum atomic E-state index is -1.05. The second-order valence-electron chi connectivity index (χ2n) is 6.48. The summed E-state index contributed by atoms with van der Waals surface area (Å²) in [7, 11) is 0. The largest absolute Gasteiger partial charge is 0.508 e. The first-order valence-corrected chi connectivity index (χ1v) is 8.41. The lowest BCUT2D eigenvalue weighted by atomic mass is 9.90. The number of amides is 3. The van der Waals surface area contributed by atoms with Gasteiger partial charge in [-0.1, -0.05) is 30.3 Å². The van der Waals surface area contributed by atoms with E-state index < -0.39 is 35.8 Å². The van der Waals surface area contributed by atoms with Gasteiger partial charge in [0.1, 0.15) is 12.3 Å². The number of carbonyl (C=O) groups is 3. The lowest BCUT2D eigenvalue weighted by Crippen LogP contribution is -2.40. The van der Waals surface area contributed by atoms with E-state index in [-0.39, 0.29) is 12.3 Å². The number of anilines is 1. The number of hydrogen-bond donors (Lipinski definition) is 2. The van der Waals surface area contributed by atoms with E-state index in [1.54, 1.807) is 42.5 Å². The summed E-state index contributed by atoms with van der Waals surface area (Å²) in [5, 5.41) is 11.1. The number of fused-ring (bicyclic) bond motifs is 1. The van der Waals surface area contributed by atoms with Crippen LogP contribution in [0.25, 0.3) is 0 Å². The number of carbonyl (C=O) groups excluding carboxylic acids is 3. The predicted octanol–water partition coefficient (Wildman–Crippen LogP) is 0.724. The van der Waals surface area contributed by atoms with E-state index in [9.17, 15) is 19.5 Å². The van der Waals surface area contributed by atoms with Gasteiger partial charge in [-0.05, 0) is 29.8 Å². The van der Waals surface area contributed by atoms with Gasteiger partial charge in [-0.2, -0.15) is 5.06 Å². The molecule has 3 amide bonds. The maximum absolute atomic E-state index is 13.1. The monoisotopic (exact) mass is 367 g/mol. The Morgan fingerprint density at radius 1 is 1.07 bits per heavy atom. The summed E-state index contributed by atoms with van der Waals surface area (Å²) in [6.07, 6.45) is -1.05. The Hall–Kier alpha value is -3.23. The molecule has 8 heteroatoms. The van der Waals surface area contributed by atoms with Gasteiger partial charge in [0, 0.05) is 0 Å². The topological polar surface area (TPSA) is 113 Å². The van der Waals surface area contributed by atoms with E-state index >= 15 is 0 Å². The molecule has 0 spiro atoms. The van der Waals surface area contributed by atoms with Crippen molar-refractivity contribution >= 4 is 23.4 Å².